The normalized spacial score (nSPS) is 21.6. The molecule has 22 heavy (non-hydrogen) atoms. The smallest absolute Gasteiger partial charge is 0.410 e. The Morgan fingerprint density at radius 1 is 1.27 bits per heavy atom. The lowest BCUT2D eigenvalue weighted by molar-refractivity contribution is 0.0474. The van der Waals surface area contributed by atoms with E-state index in [9.17, 15) is 9.59 Å². The predicted molar refractivity (Wildman–Crippen MR) is 84.7 cm³/mol. The molecule has 126 valence electrons. The average Bonchev–Trinajstić information content (AvgIpc) is 2.42. The van der Waals surface area contributed by atoms with E-state index in [-0.39, 0.29) is 30.9 Å². The summed E-state index contributed by atoms with van der Waals surface area (Å²) < 4.78 is 10.3. The van der Waals surface area contributed by atoms with Gasteiger partial charge in [-0.2, -0.15) is 0 Å². The summed E-state index contributed by atoms with van der Waals surface area (Å²) in [6.45, 7) is 9.26. The number of ether oxygens (including phenoxy) is 2. The van der Waals surface area contributed by atoms with Gasteiger partial charge < -0.3 is 19.7 Å². The van der Waals surface area contributed by atoms with Crippen LogP contribution in [0.5, 0.6) is 0 Å². The van der Waals surface area contributed by atoms with Gasteiger partial charge in [-0.1, -0.05) is 12.7 Å². The largest absolute Gasteiger partial charge is 0.445 e. The minimum Gasteiger partial charge on any atom is -0.445 e. The van der Waals surface area contributed by atoms with Gasteiger partial charge in [0.15, 0.2) is 0 Å². The average molecular weight is 312 g/mol. The number of alkyl carbamates (subject to hydrolysis) is 1. The fourth-order valence-electron chi connectivity index (χ4n) is 2.46. The lowest BCUT2D eigenvalue weighted by Gasteiger charge is -2.34. The van der Waals surface area contributed by atoms with Crippen molar-refractivity contribution in [3.8, 4) is 0 Å². The third-order valence-electron chi connectivity index (χ3n) is 3.58. The van der Waals surface area contributed by atoms with Gasteiger partial charge in [-0.25, -0.2) is 9.59 Å². The van der Waals surface area contributed by atoms with Crippen molar-refractivity contribution in [1.29, 1.82) is 0 Å². The summed E-state index contributed by atoms with van der Waals surface area (Å²) in [5.41, 5.74) is -0.490. The molecule has 1 aliphatic carbocycles. The van der Waals surface area contributed by atoms with E-state index >= 15 is 0 Å². The van der Waals surface area contributed by atoms with Gasteiger partial charge in [0.1, 0.15) is 12.2 Å². The second kappa shape index (κ2) is 8.06. The van der Waals surface area contributed by atoms with Crippen LogP contribution in [0.25, 0.3) is 0 Å². The standard InChI is InChI=1S/C16H28N2O4/c1-6-11-21-15(20)18(5)13-9-7-12(8-10-13)17-14(19)22-16(2,3)4/h6,12-13H,1,7-11H2,2-5H3,(H,17,19)/t12-,13-. The molecule has 0 spiro atoms. The monoisotopic (exact) mass is 312 g/mol. The molecule has 0 aromatic rings. The highest BCUT2D eigenvalue weighted by atomic mass is 16.6. The van der Waals surface area contributed by atoms with E-state index in [1.54, 1.807) is 18.0 Å². The summed E-state index contributed by atoms with van der Waals surface area (Å²) >= 11 is 0. The summed E-state index contributed by atoms with van der Waals surface area (Å²) in [6.07, 6.45) is 4.15. The van der Waals surface area contributed by atoms with Crippen molar-refractivity contribution < 1.29 is 19.1 Å². The van der Waals surface area contributed by atoms with Crippen LogP contribution in [0.1, 0.15) is 46.5 Å². The van der Waals surface area contributed by atoms with Crippen LogP contribution in [0.2, 0.25) is 0 Å². The molecule has 0 unspecified atom stereocenters. The number of nitrogens with one attached hydrogen (secondary N) is 1. The van der Waals surface area contributed by atoms with Crippen LogP contribution in [0.15, 0.2) is 12.7 Å². The van der Waals surface area contributed by atoms with Gasteiger partial charge in [0.25, 0.3) is 0 Å². The maximum atomic E-state index is 11.8. The number of nitrogens with zero attached hydrogens (tertiary/aromatic N) is 1. The zero-order chi connectivity index (χ0) is 16.8. The Morgan fingerprint density at radius 2 is 1.86 bits per heavy atom. The quantitative estimate of drug-likeness (QED) is 0.810. The highest BCUT2D eigenvalue weighted by molar-refractivity contribution is 5.68. The summed E-state index contributed by atoms with van der Waals surface area (Å²) in [5.74, 6) is 0. The first-order chi connectivity index (χ1) is 10.2. The molecule has 0 heterocycles. The molecule has 0 aromatic carbocycles. The molecular weight excluding hydrogens is 284 g/mol. The molecular formula is C16H28N2O4. The van der Waals surface area contributed by atoms with Crippen molar-refractivity contribution in [2.45, 2.75) is 64.1 Å². The summed E-state index contributed by atoms with van der Waals surface area (Å²) in [7, 11) is 1.75. The van der Waals surface area contributed by atoms with Gasteiger partial charge in [-0.3, -0.25) is 0 Å². The molecule has 0 bridgehead atoms. The Balaban J connectivity index is 2.35. The third kappa shape index (κ3) is 6.37. The fraction of sp³-hybridized carbons (Fsp3) is 0.750. The molecule has 1 rings (SSSR count). The van der Waals surface area contributed by atoms with E-state index in [1.807, 2.05) is 20.8 Å². The van der Waals surface area contributed by atoms with Crippen molar-refractivity contribution >= 4 is 12.2 Å². The van der Waals surface area contributed by atoms with E-state index in [2.05, 4.69) is 11.9 Å². The van der Waals surface area contributed by atoms with Crippen LogP contribution in [0, 0.1) is 0 Å². The molecule has 0 radical (unpaired) electrons. The topological polar surface area (TPSA) is 67.9 Å². The van der Waals surface area contributed by atoms with Crippen molar-refractivity contribution in [3.63, 3.8) is 0 Å². The van der Waals surface area contributed by atoms with Crippen molar-refractivity contribution in [2.24, 2.45) is 0 Å². The Hall–Kier alpha value is -1.72. The molecule has 1 fully saturated rings. The van der Waals surface area contributed by atoms with Gasteiger partial charge in [0.2, 0.25) is 0 Å². The van der Waals surface area contributed by atoms with E-state index in [0.29, 0.717) is 0 Å². The van der Waals surface area contributed by atoms with E-state index in [4.69, 9.17) is 9.47 Å². The van der Waals surface area contributed by atoms with E-state index in [1.165, 1.54) is 0 Å². The molecule has 0 atom stereocenters. The van der Waals surface area contributed by atoms with Crippen LogP contribution < -0.4 is 5.32 Å². The SMILES string of the molecule is C=CCOC(=O)N(C)[C@H]1CC[C@H](NC(=O)OC(C)(C)C)CC1. The molecule has 1 N–H and O–H groups in total. The van der Waals surface area contributed by atoms with Crippen LogP contribution in [-0.4, -0.2) is 48.4 Å². The predicted octanol–water partition coefficient (Wildman–Crippen LogP) is 3.08. The Bertz CT molecular complexity index is 395. The summed E-state index contributed by atoms with van der Waals surface area (Å²) in [4.78, 5) is 25.2. The van der Waals surface area contributed by atoms with Crippen molar-refractivity contribution in [2.75, 3.05) is 13.7 Å². The van der Waals surface area contributed by atoms with Crippen molar-refractivity contribution in [3.05, 3.63) is 12.7 Å². The molecule has 2 amide bonds. The molecule has 0 aliphatic heterocycles. The van der Waals surface area contributed by atoms with Gasteiger partial charge >= 0.3 is 12.2 Å². The number of amides is 2. The molecule has 1 saturated carbocycles. The van der Waals surface area contributed by atoms with Crippen LogP contribution in [0.3, 0.4) is 0 Å². The Labute approximate surface area is 132 Å². The Morgan fingerprint density at radius 3 is 2.36 bits per heavy atom. The minimum atomic E-state index is -0.490. The summed E-state index contributed by atoms with van der Waals surface area (Å²) in [6, 6.07) is 0.248. The third-order valence-corrected chi connectivity index (χ3v) is 3.58. The molecule has 6 heteroatoms. The highest BCUT2D eigenvalue weighted by Crippen LogP contribution is 2.23. The van der Waals surface area contributed by atoms with Crippen LogP contribution >= 0.6 is 0 Å². The minimum absolute atomic E-state index is 0.101. The van der Waals surface area contributed by atoms with Gasteiger partial charge in [0, 0.05) is 19.1 Å². The van der Waals surface area contributed by atoms with E-state index < -0.39 is 5.60 Å². The zero-order valence-corrected chi connectivity index (χ0v) is 14.1. The van der Waals surface area contributed by atoms with E-state index in [0.717, 1.165) is 25.7 Å². The number of rotatable bonds is 4. The first-order valence-electron chi connectivity index (χ1n) is 7.73. The second-order valence-corrected chi connectivity index (χ2v) is 6.63. The first-order valence-corrected chi connectivity index (χ1v) is 7.73. The fourth-order valence-corrected chi connectivity index (χ4v) is 2.46. The van der Waals surface area contributed by atoms with Gasteiger partial charge in [-0.15, -0.1) is 0 Å². The zero-order valence-electron chi connectivity index (χ0n) is 14.1. The van der Waals surface area contributed by atoms with Gasteiger partial charge in [-0.05, 0) is 46.5 Å². The lowest BCUT2D eigenvalue weighted by atomic mass is 9.90. The first kappa shape index (κ1) is 18.3. The highest BCUT2D eigenvalue weighted by Gasteiger charge is 2.28. The second-order valence-electron chi connectivity index (χ2n) is 6.63. The number of hydrogen-bond acceptors (Lipinski definition) is 4. The van der Waals surface area contributed by atoms with Crippen molar-refractivity contribution in [1.82, 2.24) is 10.2 Å². The van der Waals surface area contributed by atoms with Gasteiger partial charge in [0.05, 0.1) is 0 Å². The molecule has 1 aliphatic rings. The Kier molecular flexibility index (Phi) is 6.71. The molecule has 6 nitrogen and oxygen atoms in total. The molecule has 0 saturated heterocycles. The van der Waals surface area contributed by atoms with Crippen LogP contribution in [0.4, 0.5) is 9.59 Å². The maximum Gasteiger partial charge on any atom is 0.410 e. The molecule has 0 aromatic heterocycles. The maximum absolute atomic E-state index is 11.8. The lowest BCUT2D eigenvalue weighted by Crippen LogP contribution is -2.45. The van der Waals surface area contributed by atoms with Crippen LogP contribution in [-0.2, 0) is 9.47 Å². The number of hydrogen-bond donors (Lipinski definition) is 1. The number of carbonyl (C=O) groups excluding carboxylic acids is 2. The summed E-state index contributed by atoms with van der Waals surface area (Å²) in [5, 5.41) is 2.89. The number of carbonyl (C=O) groups is 2.